The number of anilines is 1. The summed E-state index contributed by atoms with van der Waals surface area (Å²) in [5.41, 5.74) is 3.91. The van der Waals surface area contributed by atoms with Gasteiger partial charge in [0.25, 0.3) is 0 Å². The number of carbonyl (C=O) groups is 2. The van der Waals surface area contributed by atoms with Crippen molar-refractivity contribution in [1.29, 1.82) is 0 Å². The maximum absolute atomic E-state index is 12.1. The second-order valence-electron chi connectivity index (χ2n) is 6.51. The molecule has 2 N–H and O–H groups in total. The minimum Gasteiger partial charge on any atom is -0.338 e. The molecule has 6 heteroatoms. The molecular formula is C20H22BrN3O2. The third-order valence-electron chi connectivity index (χ3n) is 4.41. The van der Waals surface area contributed by atoms with Crippen LogP contribution in [0.1, 0.15) is 29.5 Å². The van der Waals surface area contributed by atoms with Gasteiger partial charge >= 0.3 is 6.03 Å². The lowest BCUT2D eigenvalue weighted by molar-refractivity contribution is -0.128. The molecule has 1 fully saturated rings. The molecule has 3 rings (SSSR count). The number of carbonyl (C=O) groups excluding carboxylic acids is 2. The Hall–Kier alpha value is -2.34. The van der Waals surface area contributed by atoms with Crippen molar-refractivity contribution < 1.29 is 9.59 Å². The minimum atomic E-state index is -0.244. The van der Waals surface area contributed by atoms with E-state index in [2.05, 4.69) is 26.6 Å². The van der Waals surface area contributed by atoms with Crippen molar-refractivity contribution >= 4 is 33.6 Å². The SMILES string of the molecule is Cc1cc(NC(=O)NCc2cccc(CN3CCCC3=O)c2)ccc1Br. The second kappa shape index (κ2) is 8.36. The molecule has 3 amide bonds. The van der Waals surface area contributed by atoms with Gasteiger partial charge in [0.05, 0.1) is 0 Å². The van der Waals surface area contributed by atoms with Crippen LogP contribution in [0.3, 0.4) is 0 Å². The number of urea groups is 1. The molecule has 0 spiro atoms. The molecule has 2 aromatic carbocycles. The molecule has 1 aliphatic heterocycles. The highest BCUT2D eigenvalue weighted by Crippen LogP contribution is 2.20. The van der Waals surface area contributed by atoms with Crippen molar-refractivity contribution in [3.8, 4) is 0 Å². The normalized spacial score (nSPS) is 13.8. The summed E-state index contributed by atoms with van der Waals surface area (Å²) in [5, 5.41) is 5.70. The van der Waals surface area contributed by atoms with E-state index < -0.39 is 0 Å². The molecule has 0 atom stereocenters. The Labute approximate surface area is 161 Å². The summed E-state index contributed by atoms with van der Waals surface area (Å²) in [6.07, 6.45) is 1.59. The molecule has 2 aromatic rings. The van der Waals surface area contributed by atoms with E-state index in [1.165, 1.54) is 0 Å². The van der Waals surface area contributed by atoms with Gasteiger partial charge in [-0.2, -0.15) is 0 Å². The zero-order chi connectivity index (χ0) is 18.5. The van der Waals surface area contributed by atoms with E-state index in [4.69, 9.17) is 0 Å². The summed E-state index contributed by atoms with van der Waals surface area (Å²) in [6.45, 7) is 3.88. The molecule has 5 nitrogen and oxygen atoms in total. The Morgan fingerprint density at radius 3 is 2.73 bits per heavy atom. The van der Waals surface area contributed by atoms with Crippen LogP contribution in [-0.4, -0.2) is 23.4 Å². The van der Waals surface area contributed by atoms with Crippen LogP contribution in [0.25, 0.3) is 0 Å². The summed E-state index contributed by atoms with van der Waals surface area (Å²) in [4.78, 5) is 25.7. The highest BCUT2D eigenvalue weighted by Gasteiger charge is 2.19. The molecule has 1 saturated heterocycles. The van der Waals surface area contributed by atoms with Crippen LogP contribution in [0.2, 0.25) is 0 Å². The van der Waals surface area contributed by atoms with E-state index in [-0.39, 0.29) is 11.9 Å². The van der Waals surface area contributed by atoms with Crippen LogP contribution in [0.4, 0.5) is 10.5 Å². The van der Waals surface area contributed by atoms with Gasteiger partial charge in [-0.05, 0) is 48.2 Å². The van der Waals surface area contributed by atoms with E-state index in [1.807, 2.05) is 54.3 Å². The van der Waals surface area contributed by atoms with Crippen molar-refractivity contribution in [3.05, 3.63) is 63.6 Å². The highest BCUT2D eigenvalue weighted by molar-refractivity contribution is 9.10. The average Bonchev–Trinajstić information content (AvgIpc) is 3.02. The van der Waals surface area contributed by atoms with Crippen molar-refractivity contribution in [2.24, 2.45) is 0 Å². The van der Waals surface area contributed by atoms with E-state index in [0.29, 0.717) is 19.5 Å². The van der Waals surface area contributed by atoms with Gasteiger partial charge < -0.3 is 15.5 Å². The van der Waals surface area contributed by atoms with Crippen molar-refractivity contribution in [2.45, 2.75) is 32.9 Å². The van der Waals surface area contributed by atoms with E-state index in [1.54, 1.807) is 0 Å². The number of nitrogens with zero attached hydrogens (tertiary/aromatic N) is 1. The first-order valence-corrected chi connectivity index (χ1v) is 9.47. The van der Waals surface area contributed by atoms with Crippen LogP contribution in [0, 0.1) is 6.92 Å². The zero-order valence-electron chi connectivity index (χ0n) is 14.7. The number of likely N-dealkylation sites (tertiary alicyclic amines) is 1. The predicted molar refractivity (Wildman–Crippen MR) is 106 cm³/mol. The molecule has 0 aliphatic carbocycles. The zero-order valence-corrected chi connectivity index (χ0v) is 16.3. The Balaban J connectivity index is 1.53. The second-order valence-corrected chi connectivity index (χ2v) is 7.36. The smallest absolute Gasteiger partial charge is 0.319 e. The first kappa shape index (κ1) is 18.5. The molecule has 136 valence electrons. The summed E-state index contributed by atoms with van der Waals surface area (Å²) in [5.74, 6) is 0.220. The predicted octanol–water partition coefficient (Wildman–Crippen LogP) is 4.20. The number of halogens is 1. The fourth-order valence-corrected chi connectivity index (χ4v) is 3.26. The lowest BCUT2D eigenvalue weighted by Crippen LogP contribution is -2.28. The molecule has 0 unspecified atom stereocenters. The van der Waals surface area contributed by atoms with Crippen molar-refractivity contribution in [1.82, 2.24) is 10.2 Å². The number of rotatable bonds is 5. The highest BCUT2D eigenvalue weighted by atomic mass is 79.9. The summed E-state index contributed by atoms with van der Waals surface area (Å²) in [7, 11) is 0. The third-order valence-corrected chi connectivity index (χ3v) is 5.29. The maximum Gasteiger partial charge on any atom is 0.319 e. The van der Waals surface area contributed by atoms with Crippen LogP contribution in [-0.2, 0) is 17.9 Å². The number of nitrogens with one attached hydrogen (secondary N) is 2. The molecule has 0 saturated carbocycles. The van der Waals surface area contributed by atoms with Gasteiger partial charge in [-0.3, -0.25) is 4.79 Å². The van der Waals surface area contributed by atoms with E-state index in [0.717, 1.165) is 39.8 Å². The largest absolute Gasteiger partial charge is 0.338 e. The number of amides is 3. The Kier molecular flexibility index (Phi) is 5.93. The topological polar surface area (TPSA) is 61.4 Å². The first-order valence-electron chi connectivity index (χ1n) is 8.68. The van der Waals surface area contributed by atoms with Gasteiger partial charge in [0.2, 0.25) is 5.91 Å². The van der Waals surface area contributed by atoms with Gasteiger partial charge in [0, 0.05) is 36.2 Å². The van der Waals surface area contributed by atoms with E-state index in [9.17, 15) is 9.59 Å². The van der Waals surface area contributed by atoms with Crippen LogP contribution in [0.15, 0.2) is 46.9 Å². The number of hydrogen-bond acceptors (Lipinski definition) is 2. The molecule has 0 radical (unpaired) electrons. The Morgan fingerprint density at radius 2 is 2.00 bits per heavy atom. The number of hydrogen-bond donors (Lipinski definition) is 2. The Morgan fingerprint density at radius 1 is 1.19 bits per heavy atom. The molecule has 1 aliphatic rings. The third kappa shape index (κ3) is 4.85. The van der Waals surface area contributed by atoms with Gasteiger partial charge in [0.15, 0.2) is 0 Å². The molecular weight excluding hydrogens is 394 g/mol. The Bertz CT molecular complexity index is 822. The van der Waals surface area contributed by atoms with Crippen LogP contribution < -0.4 is 10.6 Å². The maximum atomic E-state index is 12.1. The summed E-state index contributed by atoms with van der Waals surface area (Å²) < 4.78 is 1.01. The van der Waals surface area contributed by atoms with Gasteiger partial charge in [-0.1, -0.05) is 40.2 Å². The lowest BCUT2D eigenvalue weighted by atomic mass is 10.1. The number of benzene rings is 2. The first-order chi connectivity index (χ1) is 12.5. The van der Waals surface area contributed by atoms with E-state index >= 15 is 0 Å². The fraction of sp³-hybridized carbons (Fsp3) is 0.300. The standard InChI is InChI=1S/C20H22BrN3O2/c1-14-10-17(7-8-18(14)21)23-20(26)22-12-15-4-2-5-16(11-15)13-24-9-3-6-19(24)25/h2,4-5,7-8,10-11H,3,6,9,12-13H2,1H3,(H2,22,23,26). The fourth-order valence-electron chi connectivity index (χ4n) is 3.01. The minimum absolute atomic E-state index is 0.220. The lowest BCUT2D eigenvalue weighted by Gasteiger charge is -2.16. The van der Waals surface area contributed by atoms with Crippen molar-refractivity contribution in [3.63, 3.8) is 0 Å². The number of aryl methyl sites for hydroxylation is 1. The molecule has 0 aromatic heterocycles. The molecule has 26 heavy (non-hydrogen) atoms. The van der Waals surface area contributed by atoms with Gasteiger partial charge in [-0.25, -0.2) is 4.79 Å². The monoisotopic (exact) mass is 415 g/mol. The molecule has 1 heterocycles. The van der Waals surface area contributed by atoms with Crippen LogP contribution >= 0.6 is 15.9 Å². The molecule has 0 bridgehead atoms. The van der Waals surface area contributed by atoms with Gasteiger partial charge in [-0.15, -0.1) is 0 Å². The summed E-state index contributed by atoms with van der Waals surface area (Å²) in [6, 6.07) is 13.4. The van der Waals surface area contributed by atoms with Crippen molar-refractivity contribution in [2.75, 3.05) is 11.9 Å². The van der Waals surface area contributed by atoms with Gasteiger partial charge in [0.1, 0.15) is 0 Å². The average molecular weight is 416 g/mol. The van der Waals surface area contributed by atoms with Crippen LogP contribution in [0.5, 0.6) is 0 Å². The quantitative estimate of drug-likeness (QED) is 0.768. The summed E-state index contributed by atoms with van der Waals surface area (Å²) >= 11 is 3.45.